The van der Waals surface area contributed by atoms with E-state index in [1.54, 1.807) is 5.57 Å². The van der Waals surface area contributed by atoms with E-state index in [1.807, 2.05) is 13.8 Å². The summed E-state index contributed by atoms with van der Waals surface area (Å²) in [6.07, 6.45) is 11.8. The fourth-order valence-electron chi connectivity index (χ4n) is 6.72. The van der Waals surface area contributed by atoms with E-state index in [1.165, 1.54) is 37.7 Å². The second kappa shape index (κ2) is 11.6. The first-order chi connectivity index (χ1) is 17.4. The van der Waals surface area contributed by atoms with Crippen molar-refractivity contribution in [3.63, 3.8) is 0 Å². The van der Waals surface area contributed by atoms with Crippen molar-refractivity contribution in [2.45, 2.75) is 142 Å². The van der Waals surface area contributed by atoms with Crippen LogP contribution in [-0.4, -0.2) is 49.1 Å². The maximum Gasteiger partial charge on any atom is 0.192 e. The maximum absolute atomic E-state index is 10.8. The number of fused-ring (bicyclic) bond motifs is 1. The van der Waals surface area contributed by atoms with Gasteiger partial charge in [0.2, 0.25) is 0 Å². The molecule has 5 heteroatoms. The normalized spacial score (nSPS) is 35.0. The molecule has 0 aromatic heterocycles. The third-order valence-electron chi connectivity index (χ3n) is 10.9. The van der Waals surface area contributed by atoms with Gasteiger partial charge < -0.3 is 19.4 Å². The molecule has 7 atom stereocenters. The molecule has 0 saturated heterocycles. The third-order valence-corrected chi connectivity index (χ3v) is 15.4. The van der Waals surface area contributed by atoms with E-state index in [2.05, 4.69) is 73.4 Å². The number of hydrogen-bond acceptors (Lipinski definition) is 4. The van der Waals surface area contributed by atoms with Gasteiger partial charge in [0.1, 0.15) is 0 Å². The minimum absolute atomic E-state index is 0.0962. The molecular formula is C33H58O4Si. The molecular weight excluding hydrogens is 488 g/mol. The molecule has 38 heavy (non-hydrogen) atoms. The van der Waals surface area contributed by atoms with E-state index < -0.39 is 20.0 Å². The molecule has 3 saturated carbocycles. The number of allylic oxidation sites excluding steroid dienone is 3. The molecule has 0 aliphatic heterocycles. The van der Waals surface area contributed by atoms with Crippen molar-refractivity contribution in [3.05, 3.63) is 35.5 Å². The van der Waals surface area contributed by atoms with Crippen LogP contribution in [0.15, 0.2) is 35.5 Å². The molecule has 218 valence electrons. The van der Waals surface area contributed by atoms with Crippen LogP contribution in [0.2, 0.25) is 18.1 Å². The monoisotopic (exact) mass is 546 g/mol. The first-order valence-corrected chi connectivity index (χ1v) is 18.0. The molecule has 0 aromatic rings. The number of rotatable bonds is 8. The van der Waals surface area contributed by atoms with E-state index in [0.717, 1.165) is 12.0 Å². The molecule has 3 unspecified atom stereocenters. The van der Waals surface area contributed by atoms with Gasteiger partial charge in [0.25, 0.3) is 0 Å². The van der Waals surface area contributed by atoms with Crippen LogP contribution in [0.4, 0.5) is 0 Å². The molecule has 3 aliphatic rings. The van der Waals surface area contributed by atoms with E-state index in [0.29, 0.717) is 24.9 Å². The summed E-state index contributed by atoms with van der Waals surface area (Å²) in [6.45, 7) is 26.7. The highest BCUT2D eigenvalue weighted by molar-refractivity contribution is 6.74. The van der Waals surface area contributed by atoms with Gasteiger partial charge in [-0.25, -0.2) is 0 Å². The smallest absolute Gasteiger partial charge is 0.192 e. The zero-order valence-corrected chi connectivity index (χ0v) is 27.2. The first kappa shape index (κ1) is 31.8. The van der Waals surface area contributed by atoms with Gasteiger partial charge in [-0.1, -0.05) is 64.5 Å². The summed E-state index contributed by atoms with van der Waals surface area (Å²) >= 11 is 0. The van der Waals surface area contributed by atoms with Gasteiger partial charge in [-0.3, -0.25) is 0 Å². The van der Waals surface area contributed by atoms with Crippen molar-refractivity contribution in [1.82, 2.24) is 0 Å². The Morgan fingerprint density at radius 2 is 1.76 bits per heavy atom. The zero-order chi connectivity index (χ0) is 28.7. The Hall–Kier alpha value is -0.723. The average molecular weight is 547 g/mol. The summed E-state index contributed by atoms with van der Waals surface area (Å²) in [5, 5.41) is 21.3. The highest BCUT2D eigenvalue weighted by atomic mass is 28.4. The van der Waals surface area contributed by atoms with E-state index in [9.17, 15) is 10.2 Å². The predicted octanol–water partition coefficient (Wildman–Crippen LogP) is 7.97. The Bertz CT molecular complexity index is 905. The zero-order valence-electron chi connectivity index (χ0n) is 26.2. The van der Waals surface area contributed by atoms with Gasteiger partial charge in [0.05, 0.1) is 30.5 Å². The topological polar surface area (TPSA) is 58.9 Å². The van der Waals surface area contributed by atoms with Crippen LogP contribution >= 0.6 is 0 Å². The molecule has 0 bridgehead atoms. The number of ether oxygens (including phenoxy) is 1. The van der Waals surface area contributed by atoms with Gasteiger partial charge in [-0.2, -0.15) is 0 Å². The Balaban J connectivity index is 1.72. The molecule has 0 aromatic carbocycles. The molecule has 2 N–H and O–H groups in total. The largest absolute Gasteiger partial charge is 0.410 e. The van der Waals surface area contributed by atoms with E-state index in [4.69, 9.17) is 9.16 Å². The molecule has 0 spiro atoms. The summed E-state index contributed by atoms with van der Waals surface area (Å²) < 4.78 is 13.1. The van der Waals surface area contributed by atoms with Crippen molar-refractivity contribution in [2.75, 3.05) is 6.61 Å². The lowest BCUT2D eigenvalue weighted by atomic mass is 9.62. The summed E-state index contributed by atoms with van der Waals surface area (Å²) in [5.74, 6) is 1.24. The Morgan fingerprint density at radius 3 is 2.37 bits per heavy atom. The third kappa shape index (κ3) is 6.94. The average Bonchev–Trinajstić information content (AvgIpc) is 3.15. The highest BCUT2D eigenvalue weighted by Crippen LogP contribution is 2.58. The molecule has 3 rings (SSSR count). The SMILES string of the molecule is C=C1[C@H](O)C/C(=C\C=C2/CCCC3(C)C2CCC3[C@@H](C)OC[C@H](C)C(C)(C)O)C[C@H]1O[Si](C)(C)C(C)(C)C. The summed E-state index contributed by atoms with van der Waals surface area (Å²) in [7, 11) is -1.96. The fraction of sp³-hybridized carbons (Fsp3) is 0.818. The van der Waals surface area contributed by atoms with Crippen LogP contribution in [0.3, 0.4) is 0 Å². The molecule has 3 fully saturated rings. The Kier molecular flexibility index (Phi) is 9.74. The maximum atomic E-state index is 10.8. The Morgan fingerprint density at radius 1 is 1.11 bits per heavy atom. The lowest BCUT2D eigenvalue weighted by Crippen LogP contribution is -2.46. The van der Waals surface area contributed by atoms with Crippen molar-refractivity contribution in [1.29, 1.82) is 0 Å². The lowest BCUT2D eigenvalue weighted by molar-refractivity contribution is -0.0720. The lowest BCUT2D eigenvalue weighted by Gasteiger charge is -2.44. The summed E-state index contributed by atoms with van der Waals surface area (Å²) in [6, 6.07) is 0. The standard InChI is InChI=1S/C33H58O4Si/c1-22(32(7,8)35)21-36-24(3)27-16-17-28-26(13-12-18-33(27,28)9)15-14-25-19-29(34)23(2)30(20-25)37-38(10,11)31(4,5)6/h14-15,22,24,27-30,34-35H,2,12-13,16-21H2,1,3-11H3/b25-14+,26-15+/t22-,24+,27?,28?,29+,30+,33?/m0/s1. The van der Waals surface area contributed by atoms with Crippen LogP contribution in [-0.2, 0) is 9.16 Å². The molecule has 3 aliphatic carbocycles. The van der Waals surface area contributed by atoms with Crippen molar-refractivity contribution in [3.8, 4) is 0 Å². The number of hydrogen-bond donors (Lipinski definition) is 2. The first-order valence-electron chi connectivity index (χ1n) is 15.1. The van der Waals surface area contributed by atoms with Crippen LogP contribution < -0.4 is 0 Å². The summed E-state index contributed by atoms with van der Waals surface area (Å²) in [4.78, 5) is 0. The van der Waals surface area contributed by atoms with E-state index in [-0.39, 0.29) is 28.6 Å². The minimum Gasteiger partial charge on any atom is -0.410 e. The molecule has 4 nitrogen and oxygen atoms in total. The van der Waals surface area contributed by atoms with Crippen molar-refractivity contribution >= 4 is 8.32 Å². The predicted molar refractivity (Wildman–Crippen MR) is 162 cm³/mol. The number of aliphatic hydroxyl groups is 2. The van der Waals surface area contributed by atoms with Gasteiger partial charge in [-0.05, 0) is 107 Å². The van der Waals surface area contributed by atoms with Gasteiger partial charge in [0.15, 0.2) is 8.32 Å². The molecule has 0 heterocycles. The second-order valence-electron chi connectivity index (χ2n) is 15.1. The van der Waals surface area contributed by atoms with Crippen LogP contribution in [0.1, 0.15) is 100 Å². The minimum atomic E-state index is -1.96. The quantitative estimate of drug-likeness (QED) is 0.239. The highest BCUT2D eigenvalue weighted by Gasteiger charge is 2.51. The van der Waals surface area contributed by atoms with Crippen molar-refractivity contribution < 1.29 is 19.4 Å². The van der Waals surface area contributed by atoms with Crippen LogP contribution in [0, 0.1) is 23.2 Å². The Labute approximate surface area is 235 Å². The van der Waals surface area contributed by atoms with Crippen molar-refractivity contribution in [2.24, 2.45) is 23.2 Å². The van der Waals surface area contributed by atoms with Crippen LogP contribution in [0.25, 0.3) is 0 Å². The molecule has 0 radical (unpaired) electrons. The van der Waals surface area contributed by atoms with Crippen LogP contribution in [0.5, 0.6) is 0 Å². The fourth-order valence-corrected chi connectivity index (χ4v) is 8.02. The molecule has 0 amide bonds. The van der Waals surface area contributed by atoms with Gasteiger partial charge >= 0.3 is 0 Å². The van der Waals surface area contributed by atoms with Gasteiger partial charge in [0, 0.05) is 5.92 Å². The van der Waals surface area contributed by atoms with Gasteiger partial charge in [-0.15, -0.1) is 0 Å². The van der Waals surface area contributed by atoms with E-state index >= 15 is 0 Å². The summed E-state index contributed by atoms with van der Waals surface area (Å²) in [5.41, 5.74) is 3.24. The second-order valence-corrected chi connectivity index (χ2v) is 19.9. The number of aliphatic hydroxyl groups excluding tert-OH is 1.